The summed E-state index contributed by atoms with van der Waals surface area (Å²) in [6, 6.07) is 5.46. The fourth-order valence-corrected chi connectivity index (χ4v) is 1.92. The maximum Gasteiger partial charge on any atom is 0.310 e. The molecule has 5 nitrogen and oxygen atoms in total. The summed E-state index contributed by atoms with van der Waals surface area (Å²) in [5.41, 5.74) is 1.79. The first-order valence-electron chi connectivity index (χ1n) is 7.86. The first-order valence-corrected chi connectivity index (χ1v) is 7.86. The van der Waals surface area contributed by atoms with Crippen LogP contribution in [0.25, 0.3) is 0 Å². The Labute approximate surface area is 138 Å². The second-order valence-corrected chi connectivity index (χ2v) is 6.71. The van der Waals surface area contributed by atoms with Crippen LogP contribution < -0.4 is 10.1 Å². The number of ether oxygens (including phenoxy) is 2. The molecule has 0 saturated heterocycles. The van der Waals surface area contributed by atoms with E-state index in [-0.39, 0.29) is 30.3 Å². The molecule has 0 spiro atoms. The van der Waals surface area contributed by atoms with Crippen molar-refractivity contribution in [3.05, 3.63) is 29.3 Å². The van der Waals surface area contributed by atoms with Gasteiger partial charge in [0.15, 0.2) is 6.61 Å². The molecule has 1 N–H and O–H groups in total. The summed E-state index contributed by atoms with van der Waals surface area (Å²) in [5, 5.41) is 2.84. The van der Waals surface area contributed by atoms with Gasteiger partial charge in [0.1, 0.15) is 5.75 Å². The molecule has 0 aromatic heterocycles. The van der Waals surface area contributed by atoms with Gasteiger partial charge >= 0.3 is 5.97 Å². The van der Waals surface area contributed by atoms with Crippen LogP contribution in [-0.4, -0.2) is 31.6 Å². The molecule has 0 radical (unpaired) electrons. The molecule has 0 atom stereocenters. The van der Waals surface area contributed by atoms with Crippen molar-refractivity contribution in [3.63, 3.8) is 0 Å². The molecule has 128 valence electrons. The Morgan fingerprint density at radius 3 is 2.48 bits per heavy atom. The fraction of sp³-hybridized carbons (Fsp3) is 0.556. The summed E-state index contributed by atoms with van der Waals surface area (Å²) in [5.74, 6) is 0.251. The highest BCUT2D eigenvalue weighted by Crippen LogP contribution is 2.19. The molecular weight excluding hydrogens is 294 g/mol. The lowest BCUT2D eigenvalue weighted by atomic mass is 9.97. The first kappa shape index (κ1) is 19.0. The molecule has 0 heterocycles. The van der Waals surface area contributed by atoms with Gasteiger partial charge in [-0.25, -0.2) is 0 Å². The minimum Gasteiger partial charge on any atom is -0.484 e. The van der Waals surface area contributed by atoms with Gasteiger partial charge in [-0.05, 0) is 36.5 Å². The Morgan fingerprint density at radius 2 is 1.91 bits per heavy atom. The number of benzene rings is 1. The number of rotatable bonds is 7. The highest BCUT2D eigenvalue weighted by molar-refractivity contribution is 5.77. The lowest BCUT2D eigenvalue weighted by molar-refractivity contribution is -0.142. The van der Waals surface area contributed by atoms with Gasteiger partial charge in [-0.1, -0.05) is 32.9 Å². The van der Waals surface area contributed by atoms with Gasteiger partial charge in [0.25, 0.3) is 5.91 Å². The minimum absolute atomic E-state index is 0.0197. The molecule has 0 aliphatic heterocycles. The van der Waals surface area contributed by atoms with Gasteiger partial charge in [-0.2, -0.15) is 0 Å². The van der Waals surface area contributed by atoms with E-state index in [4.69, 9.17) is 9.47 Å². The van der Waals surface area contributed by atoms with Gasteiger partial charge in [0, 0.05) is 6.54 Å². The lowest BCUT2D eigenvalue weighted by Gasteiger charge is -2.19. The predicted octanol–water partition coefficient (Wildman–Crippen LogP) is 2.64. The molecule has 1 aromatic carbocycles. The van der Waals surface area contributed by atoms with E-state index >= 15 is 0 Å². The van der Waals surface area contributed by atoms with Crippen molar-refractivity contribution < 1.29 is 19.1 Å². The van der Waals surface area contributed by atoms with Crippen LogP contribution in [0.5, 0.6) is 5.75 Å². The number of hydrogen-bond donors (Lipinski definition) is 1. The van der Waals surface area contributed by atoms with E-state index in [1.54, 1.807) is 13.0 Å². The van der Waals surface area contributed by atoms with E-state index in [0.29, 0.717) is 18.9 Å². The molecule has 1 rings (SSSR count). The third kappa shape index (κ3) is 7.68. The van der Waals surface area contributed by atoms with E-state index in [2.05, 4.69) is 26.1 Å². The monoisotopic (exact) mass is 321 g/mol. The van der Waals surface area contributed by atoms with Crippen molar-refractivity contribution in [2.45, 2.75) is 41.0 Å². The molecule has 5 heteroatoms. The van der Waals surface area contributed by atoms with E-state index in [9.17, 15) is 9.59 Å². The Balaban J connectivity index is 2.52. The highest BCUT2D eigenvalue weighted by Gasteiger charge is 2.13. The fourth-order valence-electron chi connectivity index (χ4n) is 1.92. The standard InChI is InChI=1S/C18H27NO4/c1-6-22-17(21)10-14-7-8-15(13(2)9-14)23-11-16(20)19-12-18(3,4)5/h7-9H,6,10-12H2,1-5H3,(H,19,20). The first-order chi connectivity index (χ1) is 10.7. The topological polar surface area (TPSA) is 64.6 Å². The number of nitrogens with one attached hydrogen (secondary N) is 1. The van der Waals surface area contributed by atoms with Crippen molar-refractivity contribution in [2.75, 3.05) is 19.8 Å². The number of esters is 1. The van der Waals surface area contributed by atoms with Crippen LogP contribution in [0, 0.1) is 12.3 Å². The Kier molecular flexibility index (Phi) is 7.07. The molecule has 1 amide bonds. The van der Waals surface area contributed by atoms with Crippen molar-refractivity contribution in [1.29, 1.82) is 0 Å². The van der Waals surface area contributed by atoms with E-state index in [1.165, 1.54) is 0 Å². The van der Waals surface area contributed by atoms with Gasteiger partial charge in [-0.3, -0.25) is 9.59 Å². The zero-order valence-electron chi connectivity index (χ0n) is 14.7. The third-order valence-electron chi connectivity index (χ3n) is 3.07. The van der Waals surface area contributed by atoms with Gasteiger partial charge < -0.3 is 14.8 Å². The molecule has 0 unspecified atom stereocenters. The van der Waals surface area contributed by atoms with Crippen LogP contribution in [0.1, 0.15) is 38.8 Å². The molecule has 0 saturated carbocycles. The summed E-state index contributed by atoms with van der Waals surface area (Å²) in [6.07, 6.45) is 0.237. The number of aryl methyl sites for hydroxylation is 1. The number of hydrogen-bond acceptors (Lipinski definition) is 4. The Bertz CT molecular complexity index is 546. The average Bonchev–Trinajstić information content (AvgIpc) is 2.43. The smallest absolute Gasteiger partial charge is 0.310 e. The summed E-state index contributed by atoms with van der Waals surface area (Å²) >= 11 is 0. The molecule has 23 heavy (non-hydrogen) atoms. The van der Waals surface area contributed by atoms with Crippen LogP contribution in [0.15, 0.2) is 18.2 Å². The Hall–Kier alpha value is -2.04. The summed E-state index contributed by atoms with van der Waals surface area (Å²) < 4.78 is 10.5. The molecule has 0 fully saturated rings. The average molecular weight is 321 g/mol. The molecular formula is C18H27NO4. The lowest BCUT2D eigenvalue weighted by Crippen LogP contribution is -2.35. The molecule has 0 aliphatic rings. The van der Waals surface area contributed by atoms with Crippen molar-refractivity contribution in [3.8, 4) is 5.75 Å². The quantitative estimate of drug-likeness (QED) is 0.784. The Morgan fingerprint density at radius 1 is 1.22 bits per heavy atom. The minimum atomic E-state index is -0.248. The van der Waals surface area contributed by atoms with Gasteiger partial charge in [0.2, 0.25) is 0 Å². The summed E-state index contributed by atoms with van der Waals surface area (Å²) in [7, 11) is 0. The van der Waals surface area contributed by atoms with Gasteiger partial charge in [-0.15, -0.1) is 0 Å². The van der Waals surface area contributed by atoms with Crippen LogP contribution in [0.2, 0.25) is 0 Å². The molecule has 1 aromatic rings. The van der Waals surface area contributed by atoms with E-state index < -0.39 is 0 Å². The maximum absolute atomic E-state index is 11.8. The summed E-state index contributed by atoms with van der Waals surface area (Å²) in [4.78, 5) is 23.2. The van der Waals surface area contributed by atoms with Gasteiger partial charge in [0.05, 0.1) is 13.0 Å². The zero-order chi connectivity index (χ0) is 17.5. The number of carbonyl (C=O) groups is 2. The number of carbonyl (C=O) groups excluding carboxylic acids is 2. The van der Waals surface area contributed by atoms with Crippen LogP contribution in [0.3, 0.4) is 0 Å². The molecule has 0 bridgehead atoms. The SMILES string of the molecule is CCOC(=O)Cc1ccc(OCC(=O)NCC(C)(C)C)c(C)c1. The normalized spacial score (nSPS) is 11.0. The third-order valence-corrected chi connectivity index (χ3v) is 3.07. The van der Waals surface area contributed by atoms with Crippen LogP contribution in [-0.2, 0) is 20.7 Å². The van der Waals surface area contributed by atoms with Crippen molar-refractivity contribution >= 4 is 11.9 Å². The van der Waals surface area contributed by atoms with E-state index in [1.807, 2.05) is 19.1 Å². The predicted molar refractivity (Wildman–Crippen MR) is 89.5 cm³/mol. The van der Waals surface area contributed by atoms with Crippen LogP contribution >= 0.6 is 0 Å². The largest absolute Gasteiger partial charge is 0.484 e. The summed E-state index contributed by atoms with van der Waals surface area (Å²) in [6.45, 7) is 10.8. The second kappa shape index (κ2) is 8.56. The van der Waals surface area contributed by atoms with Crippen LogP contribution in [0.4, 0.5) is 0 Å². The molecule has 0 aliphatic carbocycles. The zero-order valence-corrected chi connectivity index (χ0v) is 14.7. The highest BCUT2D eigenvalue weighted by atomic mass is 16.5. The maximum atomic E-state index is 11.8. The van der Waals surface area contributed by atoms with Crippen molar-refractivity contribution in [2.24, 2.45) is 5.41 Å². The number of amides is 1. The van der Waals surface area contributed by atoms with Crippen molar-refractivity contribution in [1.82, 2.24) is 5.32 Å². The van der Waals surface area contributed by atoms with E-state index in [0.717, 1.165) is 11.1 Å². The second-order valence-electron chi connectivity index (χ2n) is 6.71.